The molecule has 2 rings (SSSR count). The first-order chi connectivity index (χ1) is 8.81. The summed E-state index contributed by atoms with van der Waals surface area (Å²) in [7, 11) is 1.63. The molecule has 0 bridgehead atoms. The molecule has 2 aromatic rings. The van der Waals surface area contributed by atoms with Crippen molar-refractivity contribution in [3.8, 4) is 11.8 Å². The summed E-state index contributed by atoms with van der Waals surface area (Å²) in [5.74, 6) is 1.27. The molecule has 0 aliphatic heterocycles. The van der Waals surface area contributed by atoms with E-state index < -0.39 is 0 Å². The summed E-state index contributed by atoms with van der Waals surface area (Å²) < 4.78 is 5.08. The SMILES string of the molecule is COc1ccc(CNc2nccc(C#N)n2)cc1. The molecule has 0 saturated heterocycles. The molecular formula is C13H12N4O. The zero-order valence-electron chi connectivity index (χ0n) is 9.92. The van der Waals surface area contributed by atoms with Crippen molar-refractivity contribution in [1.82, 2.24) is 9.97 Å². The Balaban J connectivity index is 2.00. The Labute approximate surface area is 105 Å². The van der Waals surface area contributed by atoms with Gasteiger partial charge in [-0.25, -0.2) is 9.97 Å². The molecule has 5 heteroatoms. The van der Waals surface area contributed by atoms with Crippen LogP contribution in [0, 0.1) is 11.3 Å². The van der Waals surface area contributed by atoms with Gasteiger partial charge in [0, 0.05) is 12.7 Å². The van der Waals surface area contributed by atoms with Crippen LogP contribution in [-0.4, -0.2) is 17.1 Å². The van der Waals surface area contributed by atoms with Crippen LogP contribution in [0.25, 0.3) is 0 Å². The number of benzene rings is 1. The molecule has 0 saturated carbocycles. The number of anilines is 1. The maximum Gasteiger partial charge on any atom is 0.224 e. The molecule has 0 aliphatic carbocycles. The molecule has 0 radical (unpaired) electrons. The monoisotopic (exact) mass is 240 g/mol. The minimum absolute atomic E-state index is 0.349. The van der Waals surface area contributed by atoms with Crippen molar-refractivity contribution >= 4 is 5.95 Å². The molecule has 1 aromatic heterocycles. The van der Waals surface area contributed by atoms with Crippen molar-refractivity contribution in [2.75, 3.05) is 12.4 Å². The van der Waals surface area contributed by atoms with E-state index in [0.717, 1.165) is 11.3 Å². The molecule has 0 amide bonds. The molecular weight excluding hydrogens is 228 g/mol. The lowest BCUT2D eigenvalue weighted by Gasteiger charge is -2.05. The van der Waals surface area contributed by atoms with Crippen molar-refractivity contribution in [2.24, 2.45) is 0 Å². The topological polar surface area (TPSA) is 70.8 Å². The van der Waals surface area contributed by atoms with Crippen LogP contribution in [0.3, 0.4) is 0 Å². The van der Waals surface area contributed by atoms with Crippen molar-refractivity contribution in [3.05, 3.63) is 47.8 Å². The van der Waals surface area contributed by atoms with E-state index in [2.05, 4.69) is 15.3 Å². The number of hydrogen-bond donors (Lipinski definition) is 1. The molecule has 1 aromatic carbocycles. The van der Waals surface area contributed by atoms with Gasteiger partial charge in [0.15, 0.2) is 0 Å². The standard InChI is InChI=1S/C13H12N4O/c1-18-12-4-2-10(3-5-12)9-16-13-15-7-6-11(8-14)17-13/h2-7H,9H2,1H3,(H,15,16,17). The fourth-order valence-electron chi connectivity index (χ4n) is 1.43. The van der Waals surface area contributed by atoms with Crippen molar-refractivity contribution < 1.29 is 4.74 Å². The fraction of sp³-hybridized carbons (Fsp3) is 0.154. The minimum atomic E-state index is 0.349. The largest absolute Gasteiger partial charge is 0.497 e. The second kappa shape index (κ2) is 5.64. The van der Waals surface area contributed by atoms with E-state index in [1.54, 1.807) is 19.4 Å². The number of hydrogen-bond acceptors (Lipinski definition) is 5. The summed E-state index contributed by atoms with van der Waals surface area (Å²) in [6.07, 6.45) is 1.56. The average molecular weight is 240 g/mol. The van der Waals surface area contributed by atoms with Gasteiger partial charge in [0.25, 0.3) is 0 Å². The molecule has 18 heavy (non-hydrogen) atoms. The zero-order valence-corrected chi connectivity index (χ0v) is 9.92. The first kappa shape index (κ1) is 11.9. The van der Waals surface area contributed by atoms with E-state index >= 15 is 0 Å². The van der Waals surface area contributed by atoms with Crippen LogP contribution < -0.4 is 10.1 Å². The molecule has 1 N–H and O–H groups in total. The third kappa shape index (κ3) is 2.95. The number of nitriles is 1. The Hall–Kier alpha value is -2.61. The number of methoxy groups -OCH3 is 1. The lowest BCUT2D eigenvalue weighted by molar-refractivity contribution is 0.414. The summed E-state index contributed by atoms with van der Waals surface area (Å²) in [5.41, 5.74) is 1.43. The van der Waals surface area contributed by atoms with Crippen LogP contribution in [0.15, 0.2) is 36.5 Å². The van der Waals surface area contributed by atoms with Gasteiger partial charge < -0.3 is 10.1 Å². The Morgan fingerprint density at radius 2 is 2.06 bits per heavy atom. The van der Waals surface area contributed by atoms with E-state index in [1.165, 1.54) is 0 Å². The Morgan fingerprint density at radius 3 is 2.72 bits per heavy atom. The number of rotatable bonds is 4. The van der Waals surface area contributed by atoms with Crippen LogP contribution >= 0.6 is 0 Å². The predicted octanol–water partition coefficient (Wildman–Crippen LogP) is 1.97. The summed E-state index contributed by atoms with van der Waals surface area (Å²) in [5, 5.41) is 11.8. The summed E-state index contributed by atoms with van der Waals surface area (Å²) >= 11 is 0. The molecule has 0 fully saturated rings. The Bertz CT molecular complexity index is 560. The second-order valence-corrected chi connectivity index (χ2v) is 3.58. The maximum absolute atomic E-state index is 8.72. The van der Waals surface area contributed by atoms with Gasteiger partial charge in [0.05, 0.1) is 7.11 Å². The van der Waals surface area contributed by atoms with Gasteiger partial charge in [-0.15, -0.1) is 0 Å². The Kier molecular flexibility index (Phi) is 3.72. The predicted molar refractivity (Wildman–Crippen MR) is 67.1 cm³/mol. The normalized spacial score (nSPS) is 9.56. The molecule has 90 valence electrons. The smallest absolute Gasteiger partial charge is 0.224 e. The van der Waals surface area contributed by atoms with E-state index in [-0.39, 0.29) is 0 Å². The van der Waals surface area contributed by atoms with Crippen LogP contribution in [0.4, 0.5) is 5.95 Å². The number of aromatic nitrogens is 2. The summed E-state index contributed by atoms with van der Waals surface area (Å²) in [6.45, 7) is 0.596. The van der Waals surface area contributed by atoms with Crippen molar-refractivity contribution in [2.45, 2.75) is 6.54 Å². The average Bonchev–Trinajstić information content (AvgIpc) is 2.46. The third-order valence-corrected chi connectivity index (χ3v) is 2.38. The molecule has 0 aliphatic rings. The highest BCUT2D eigenvalue weighted by atomic mass is 16.5. The minimum Gasteiger partial charge on any atom is -0.497 e. The first-order valence-corrected chi connectivity index (χ1v) is 5.42. The van der Waals surface area contributed by atoms with Gasteiger partial charge in [-0.2, -0.15) is 5.26 Å². The van der Waals surface area contributed by atoms with E-state index in [1.807, 2.05) is 30.3 Å². The fourth-order valence-corrected chi connectivity index (χ4v) is 1.43. The zero-order chi connectivity index (χ0) is 12.8. The molecule has 0 unspecified atom stereocenters. The van der Waals surface area contributed by atoms with Gasteiger partial charge in [-0.1, -0.05) is 12.1 Å². The summed E-state index contributed by atoms with van der Waals surface area (Å²) in [6, 6.07) is 11.2. The van der Waals surface area contributed by atoms with Gasteiger partial charge in [-0.05, 0) is 23.8 Å². The van der Waals surface area contributed by atoms with Gasteiger partial charge >= 0.3 is 0 Å². The lowest BCUT2D eigenvalue weighted by atomic mass is 10.2. The highest BCUT2D eigenvalue weighted by Gasteiger charge is 1.99. The first-order valence-electron chi connectivity index (χ1n) is 5.42. The van der Waals surface area contributed by atoms with Gasteiger partial charge in [0.1, 0.15) is 17.5 Å². The van der Waals surface area contributed by atoms with Crippen LogP contribution in [0.5, 0.6) is 5.75 Å². The molecule has 1 heterocycles. The molecule has 5 nitrogen and oxygen atoms in total. The number of ether oxygens (including phenoxy) is 1. The van der Waals surface area contributed by atoms with Gasteiger partial charge in [0.2, 0.25) is 5.95 Å². The van der Waals surface area contributed by atoms with E-state index in [9.17, 15) is 0 Å². The van der Waals surface area contributed by atoms with Crippen molar-refractivity contribution in [3.63, 3.8) is 0 Å². The van der Waals surface area contributed by atoms with E-state index in [4.69, 9.17) is 10.00 Å². The third-order valence-electron chi connectivity index (χ3n) is 2.38. The van der Waals surface area contributed by atoms with Crippen molar-refractivity contribution in [1.29, 1.82) is 5.26 Å². The molecule has 0 atom stereocenters. The van der Waals surface area contributed by atoms with Crippen LogP contribution in [-0.2, 0) is 6.54 Å². The quantitative estimate of drug-likeness (QED) is 0.884. The van der Waals surface area contributed by atoms with Gasteiger partial charge in [-0.3, -0.25) is 0 Å². The highest BCUT2D eigenvalue weighted by molar-refractivity contribution is 5.33. The maximum atomic E-state index is 8.72. The summed E-state index contributed by atoms with van der Waals surface area (Å²) in [4.78, 5) is 8.07. The van der Waals surface area contributed by atoms with E-state index in [0.29, 0.717) is 18.2 Å². The number of nitrogens with one attached hydrogen (secondary N) is 1. The molecule has 0 spiro atoms. The Morgan fingerprint density at radius 1 is 1.28 bits per heavy atom. The van der Waals surface area contributed by atoms with Crippen LogP contribution in [0.1, 0.15) is 11.3 Å². The lowest BCUT2D eigenvalue weighted by Crippen LogP contribution is -2.04. The number of nitrogens with zero attached hydrogens (tertiary/aromatic N) is 3. The highest BCUT2D eigenvalue weighted by Crippen LogP contribution is 2.12. The second-order valence-electron chi connectivity index (χ2n) is 3.58. The van der Waals surface area contributed by atoms with Crippen LogP contribution in [0.2, 0.25) is 0 Å².